The lowest BCUT2D eigenvalue weighted by Crippen LogP contribution is -2.47. The number of para-hydroxylation sites is 1. The number of likely N-dealkylation sites (tertiary alicyclic amines) is 1. The number of imidazole rings is 1. The number of hydrogen-bond acceptors (Lipinski definition) is 6. The summed E-state index contributed by atoms with van der Waals surface area (Å²) >= 11 is 0. The highest BCUT2D eigenvalue weighted by Crippen LogP contribution is 2.21. The van der Waals surface area contributed by atoms with Gasteiger partial charge in [-0.3, -0.25) is 19.9 Å². The van der Waals surface area contributed by atoms with E-state index in [4.69, 9.17) is 4.74 Å². The van der Waals surface area contributed by atoms with E-state index < -0.39 is 5.91 Å². The Morgan fingerprint density at radius 1 is 1.03 bits per heavy atom. The van der Waals surface area contributed by atoms with Gasteiger partial charge in [0.1, 0.15) is 11.2 Å². The number of carbonyl (C=O) groups excluding carboxylic acids is 3. The van der Waals surface area contributed by atoms with Gasteiger partial charge in [-0.05, 0) is 50.3 Å². The van der Waals surface area contributed by atoms with E-state index in [0.717, 1.165) is 10.8 Å². The van der Waals surface area contributed by atoms with Crippen molar-refractivity contribution in [2.75, 3.05) is 18.4 Å². The largest absolute Gasteiger partial charge is 0.447 e. The first kappa shape index (κ1) is 24.2. The molecule has 10 heteroatoms. The predicted octanol–water partition coefficient (Wildman–Crippen LogP) is 4.10. The van der Waals surface area contributed by atoms with Crippen LogP contribution in [0, 0.1) is 0 Å². The van der Waals surface area contributed by atoms with Crippen molar-refractivity contribution < 1.29 is 19.1 Å². The molecule has 3 N–H and O–H groups in total. The second-order valence-corrected chi connectivity index (χ2v) is 9.33. The van der Waals surface area contributed by atoms with Crippen LogP contribution in [0.15, 0.2) is 54.7 Å². The van der Waals surface area contributed by atoms with E-state index in [9.17, 15) is 14.4 Å². The number of hydrogen-bond donors (Lipinski definition) is 3. The number of H-pyrrole nitrogens is 1. The topological polar surface area (TPSA) is 129 Å². The molecule has 1 aliphatic rings. The molecule has 3 heterocycles. The van der Waals surface area contributed by atoms with E-state index in [1.807, 2.05) is 38.1 Å². The van der Waals surface area contributed by atoms with Gasteiger partial charge in [0, 0.05) is 30.7 Å². The molecule has 1 aliphatic heterocycles. The number of nitrogens with one attached hydrogen (secondary N) is 3. The number of carbonyl (C=O) groups is 3. The van der Waals surface area contributed by atoms with E-state index in [2.05, 4.69) is 25.6 Å². The zero-order valence-corrected chi connectivity index (χ0v) is 20.7. The van der Waals surface area contributed by atoms with Crippen LogP contribution >= 0.6 is 0 Å². The normalized spacial score (nSPS) is 14.2. The lowest BCUT2D eigenvalue weighted by molar-refractivity contribution is 0.0668. The van der Waals surface area contributed by atoms with Gasteiger partial charge in [0.25, 0.3) is 11.8 Å². The number of ether oxygens (including phenoxy) is 1. The van der Waals surface area contributed by atoms with Gasteiger partial charge in [-0.2, -0.15) is 0 Å². The number of pyridine rings is 1. The molecule has 5 rings (SSSR count). The summed E-state index contributed by atoms with van der Waals surface area (Å²) in [7, 11) is 0. The number of fused-ring (bicyclic) bond motifs is 2. The average molecular weight is 501 g/mol. The zero-order valence-electron chi connectivity index (χ0n) is 20.7. The van der Waals surface area contributed by atoms with Crippen molar-refractivity contribution in [3.8, 4) is 0 Å². The maximum absolute atomic E-state index is 13.1. The molecule has 10 nitrogen and oxygen atoms in total. The molecule has 2 aromatic carbocycles. The van der Waals surface area contributed by atoms with E-state index in [-0.39, 0.29) is 35.8 Å². The molecule has 0 aliphatic carbocycles. The predicted molar refractivity (Wildman–Crippen MR) is 139 cm³/mol. The first-order valence-corrected chi connectivity index (χ1v) is 12.3. The van der Waals surface area contributed by atoms with Crippen LogP contribution in [0.25, 0.3) is 21.8 Å². The summed E-state index contributed by atoms with van der Waals surface area (Å²) in [5, 5.41) is 7.65. The van der Waals surface area contributed by atoms with Crippen molar-refractivity contribution >= 4 is 45.7 Å². The first-order chi connectivity index (χ1) is 17.9. The Morgan fingerprint density at radius 3 is 2.54 bits per heavy atom. The Hall–Kier alpha value is -4.47. The smallest absolute Gasteiger partial charge is 0.410 e. The first-order valence-electron chi connectivity index (χ1n) is 12.3. The van der Waals surface area contributed by atoms with E-state index >= 15 is 0 Å². The Labute approximate surface area is 213 Å². The fourth-order valence-electron chi connectivity index (χ4n) is 4.40. The zero-order chi connectivity index (χ0) is 25.9. The average Bonchev–Trinajstić information content (AvgIpc) is 3.30. The fourth-order valence-corrected chi connectivity index (χ4v) is 4.40. The van der Waals surface area contributed by atoms with Crippen LogP contribution in [-0.4, -0.2) is 63.0 Å². The Morgan fingerprint density at radius 2 is 1.78 bits per heavy atom. The van der Waals surface area contributed by atoms with Crippen LogP contribution in [-0.2, 0) is 4.74 Å². The number of amides is 3. The summed E-state index contributed by atoms with van der Waals surface area (Å²) in [5.74, 6) is -0.430. The van der Waals surface area contributed by atoms with Crippen LogP contribution in [0.3, 0.4) is 0 Å². The number of aromatic nitrogens is 3. The molecule has 4 aromatic rings. The number of rotatable bonds is 5. The van der Waals surface area contributed by atoms with Crippen molar-refractivity contribution in [2.24, 2.45) is 0 Å². The Kier molecular flexibility index (Phi) is 6.72. The third-order valence-corrected chi connectivity index (χ3v) is 6.28. The molecule has 0 radical (unpaired) electrons. The van der Waals surface area contributed by atoms with Gasteiger partial charge in [0.2, 0.25) is 5.95 Å². The summed E-state index contributed by atoms with van der Waals surface area (Å²) in [4.78, 5) is 51.4. The molecular formula is C27H28N6O4. The number of anilines is 1. The number of aromatic amines is 1. The van der Waals surface area contributed by atoms with Crippen LogP contribution < -0.4 is 10.6 Å². The van der Waals surface area contributed by atoms with Gasteiger partial charge in [-0.1, -0.05) is 30.3 Å². The number of piperidine rings is 1. The van der Waals surface area contributed by atoms with Gasteiger partial charge in [0.15, 0.2) is 0 Å². The third kappa shape index (κ3) is 5.37. The highest BCUT2D eigenvalue weighted by atomic mass is 16.6. The van der Waals surface area contributed by atoms with Crippen molar-refractivity contribution in [3.05, 3.63) is 66.0 Å². The van der Waals surface area contributed by atoms with E-state index in [1.54, 1.807) is 35.4 Å². The number of nitrogens with zero attached hydrogens (tertiary/aromatic N) is 3. The van der Waals surface area contributed by atoms with Crippen molar-refractivity contribution in [3.63, 3.8) is 0 Å². The Bertz CT molecular complexity index is 1470. The van der Waals surface area contributed by atoms with Crippen molar-refractivity contribution in [2.45, 2.75) is 38.8 Å². The van der Waals surface area contributed by atoms with Crippen molar-refractivity contribution in [1.29, 1.82) is 0 Å². The molecule has 1 saturated heterocycles. The van der Waals surface area contributed by atoms with Gasteiger partial charge in [-0.15, -0.1) is 0 Å². The quantitative estimate of drug-likeness (QED) is 0.378. The molecule has 2 aromatic heterocycles. The highest BCUT2D eigenvalue weighted by molar-refractivity contribution is 6.07. The lowest BCUT2D eigenvalue weighted by Gasteiger charge is -2.32. The fraction of sp³-hybridized carbons (Fsp3) is 0.296. The standard InChI is InChI=1S/C27H28N6O4/c1-16(2)37-27(36)33-12-10-19(11-13-33)29-24(34)20-8-5-9-21-23(20)31-26(30-21)32-25(35)22-14-17-6-3-4-7-18(17)15-28-22/h3-9,14-16,19H,10-13H2,1-2H3,(H,29,34)(H2,30,31,32,35). The van der Waals surface area contributed by atoms with E-state index in [0.29, 0.717) is 42.5 Å². The summed E-state index contributed by atoms with van der Waals surface area (Å²) in [6.07, 6.45) is 2.43. The molecule has 3 amide bonds. The summed E-state index contributed by atoms with van der Waals surface area (Å²) in [5.41, 5.74) is 1.75. The summed E-state index contributed by atoms with van der Waals surface area (Å²) in [6.45, 7) is 4.67. The maximum Gasteiger partial charge on any atom is 0.410 e. The Balaban J connectivity index is 1.25. The molecule has 37 heavy (non-hydrogen) atoms. The molecule has 0 bridgehead atoms. The van der Waals surface area contributed by atoms with E-state index in [1.165, 1.54) is 0 Å². The van der Waals surface area contributed by atoms with Gasteiger partial charge >= 0.3 is 6.09 Å². The van der Waals surface area contributed by atoms with Crippen molar-refractivity contribution in [1.82, 2.24) is 25.2 Å². The number of benzene rings is 2. The SMILES string of the molecule is CC(C)OC(=O)N1CCC(NC(=O)c2cccc3[nH]c(NC(=O)c4cc5ccccc5cn4)nc23)CC1. The maximum atomic E-state index is 13.1. The molecule has 0 saturated carbocycles. The van der Waals surface area contributed by atoms with Crippen LogP contribution in [0.4, 0.5) is 10.7 Å². The molecule has 0 atom stereocenters. The molecule has 190 valence electrons. The van der Waals surface area contributed by atoms with Gasteiger partial charge in [-0.25, -0.2) is 9.78 Å². The molecule has 0 spiro atoms. The van der Waals surface area contributed by atoms with Crippen LogP contribution in [0.5, 0.6) is 0 Å². The third-order valence-electron chi connectivity index (χ3n) is 6.28. The monoisotopic (exact) mass is 500 g/mol. The second kappa shape index (κ2) is 10.3. The van der Waals surface area contributed by atoms with Gasteiger partial charge in [0.05, 0.1) is 17.2 Å². The minimum Gasteiger partial charge on any atom is -0.447 e. The highest BCUT2D eigenvalue weighted by Gasteiger charge is 2.26. The second-order valence-electron chi connectivity index (χ2n) is 9.33. The summed E-state index contributed by atoms with van der Waals surface area (Å²) in [6, 6.07) is 14.6. The lowest BCUT2D eigenvalue weighted by atomic mass is 10.0. The molecule has 1 fully saturated rings. The van der Waals surface area contributed by atoms with Crippen LogP contribution in [0.1, 0.15) is 47.5 Å². The molecular weight excluding hydrogens is 472 g/mol. The van der Waals surface area contributed by atoms with Crippen LogP contribution in [0.2, 0.25) is 0 Å². The minimum atomic E-state index is -0.404. The van der Waals surface area contributed by atoms with Gasteiger partial charge < -0.3 is 19.9 Å². The minimum absolute atomic E-state index is 0.0667. The summed E-state index contributed by atoms with van der Waals surface area (Å²) < 4.78 is 5.25. The molecule has 0 unspecified atom stereocenters.